The Morgan fingerprint density at radius 3 is 2.53 bits per heavy atom. The summed E-state index contributed by atoms with van der Waals surface area (Å²) in [7, 11) is -2.05. The molecule has 194 valence electrons. The highest BCUT2D eigenvalue weighted by Gasteiger charge is 2.36. The first-order valence-electron chi connectivity index (χ1n) is 11.8. The molecule has 38 heavy (non-hydrogen) atoms. The van der Waals surface area contributed by atoms with Gasteiger partial charge < -0.3 is 14.0 Å². The molecule has 0 spiro atoms. The summed E-state index contributed by atoms with van der Waals surface area (Å²) in [6, 6.07) is 20.0. The second-order valence-electron chi connectivity index (χ2n) is 8.60. The van der Waals surface area contributed by atoms with Gasteiger partial charge >= 0.3 is 13.5 Å². The van der Waals surface area contributed by atoms with Crippen LogP contribution in [0, 0.1) is 6.92 Å². The molecule has 0 radical (unpaired) electrons. The number of aromatic carboxylic acids is 1. The minimum Gasteiger partial charge on any atom is -0.477 e. The summed E-state index contributed by atoms with van der Waals surface area (Å²) in [5.41, 5.74) is 4.19. The van der Waals surface area contributed by atoms with E-state index >= 15 is 0 Å². The number of furan rings is 1. The first-order valence-corrected chi connectivity index (χ1v) is 14.6. The Balaban J connectivity index is 1.53. The molecule has 0 aliphatic heterocycles. The van der Waals surface area contributed by atoms with Crippen molar-refractivity contribution in [3.8, 4) is 21.8 Å². The second kappa shape index (κ2) is 10.4. The topological polar surface area (TPSA) is 92.9 Å². The molecule has 0 fully saturated rings. The fraction of sp³-hybridized carbons (Fsp3) is 0.143. The Morgan fingerprint density at radius 2 is 1.87 bits per heavy atom. The van der Waals surface area contributed by atoms with Crippen LogP contribution < -0.4 is 9.97 Å². The number of anilines is 1. The molecule has 5 aromatic rings. The molecule has 0 aliphatic rings. The molecule has 0 amide bonds. The number of benzene rings is 2. The van der Waals surface area contributed by atoms with Gasteiger partial charge in [-0.15, -0.1) is 11.3 Å². The van der Waals surface area contributed by atoms with Crippen LogP contribution in [0.3, 0.4) is 0 Å². The van der Waals surface area contributed by atoms with E-state index in [9.17, 15) is 14.5 Å². The van der Waals surface area contributed by atoms with Crippen molar-refractivity contribution in [2.24, 2.45) is 0 Å². The van der Waals surface area contributed by atoms with Gasteiger partial charge in [-0.25, -0.2) is 4.79 Å². The van der Waals surface area contributed by atoms with Gasteiger partial charge in [0.25, 0.3) is 0 Å². The summed E-state index contributed by atoms with van der Waals surface area (Å²) in [5.74, 6) is -0.413. The van der Waals surface area contributed by atoms with Crippen molar-refractivity contribution in [1.29, 1.82) is 0 Å². The van der Waals surface area contributed by atoms with Gasteiger partial charge in [0.15, 0.2) is 5.58 Å². The van der Waals surface area contributed by atoms with E-state index in [-0.39, 0.29) is 11.5 Å². The van der Waals surface area contributed by atoms with Crippen molar-refractivity contribution in [3.05, 3.63) is 88.4 Å². The number of carboxylic acids is 1. The van der Waals surface area contributed by atoms with Crippen LogP contribution in [0.25, 0.3) is 32.9 Å². The Labute approximate surface area is 228 Å². The van der Waals surface area contributed by atoms with Crippen molar-refractivity contribution in [2.75, 3.05) is 18.3 Å². The number of carbonyl (C=O) groups is 1. The lowest BCUT2D eigenvalue weighted by atomic mass is 10.1. The molecule has 1 N–H and O–H groups in total. The van der Waals surface area contributed by atoms with Gasteiger partial charge in [0.2, 0.25) is 0 Å². The molecule has 1 atom stereocenters. The zero-order valence-electron chi connectivity index (χ0n) is 20.8. The van der Waals surface area contributed by atoms with Crippen molar-refractivity contribution in [1.82, 2.24) is 4.98 Å². The Bertz CT molecular complexity index is 1660. The molecule has 3 heterocycles. The number of hydrogen-bond donors (Lipinski definition) is 1. The van der Waals surface area contributed by atoms with Gasteiger partial charge in [-0.3, -0.25) is 14.2 Å². The lowest BCUT2D eigenvalue weighted by Gasteiger charge is -2.30. The molecule has 2 aromatic carbocycles. The zero-order valence-corrected chi connectivity index (χ0v) is 23.3. The van der Waals surface area contributed by atoms with Crippen molar-refractivity contribution >= 4 is 58.5 Å². The van der Waals surface area contributed by atoms with E-state index in [4.69, 9.17) is 20.5 Å². The fourth-order valence-corrected chi connectivity index (χ4v) is 7.82. The maximum absolute atomic E-state index is 14.3. The molecular formula is C28H24ClN2O5PS. The van der Waals surface area contributed by atoms with E-state index in [0.717, 1.165) is 32.9 Å². The molecule has 1 unspecified atom stereocenters. The van der Waals surface area contributed by atoms with Gasteiger partial charge in [-0.2, -0.15) is 0 Å². The molecule has 10 heteroatoms. The third-order valence-corrected chi connectivity index (χ3v) is 10.3. The van der Waals surface area contributed by atoms with Gasteiger partial charge in [0, 0.05) is 34.8 Å². The predicted octanol–water partition coefficient (Wildman–Crippen LogP) is 7.87. The standard InChI is InChI=1S/C28H24ClN2O5PS/c1-4-35-37(34,25-12-11-20(29)14-17(25)2)31(3)22-16-26(38-27(22)28(32)33)19-9-7-18(8-10-19)24-15-21-23(36-24)6-5-13-30-21/h5-16H,4H2,1-3H3,(H,32,33). The van der Waals surface area contributed by atoms with Crippen LogP contribution in [-0.4, -0.2) is 29.7 Å². The molecule has 0 aliphatic carbocycles. The number of fused-ring (bicyclic) bond motifs is 1. The van der Waals surface area contributed by atoms with E-state index in [1.54, 1.807) is 51.4 Å². The summed E-state index contributed by atoms with van der Waals surface area (Å²) < 4.78 is 27.5. The molecule has 5 rings (SSSR count). The number of aryl methyl sites for hydroxylation is 1. The summed E-state index contributed by atoms with van der Waals surface area (Å²) in [6.45, 7) is 3.74. The summed E-state index contributed by atoms with van der Waals surface area (Å²) >= 11 is 7.24. The van der Waals surface area contributed by atoms with Crippen LogP contribution in [0.15, 0.2) is 77.3 Å². The maximum Gasteiger partial charge on any atom is 0.348 e. The maximum atomic E-state index is 14.3. The van der Waals surface area contributed by atoms with Gasteiger partial charge in [0.05, 0.1) is 17.6 Å². The highest BCUT2D eigenvalue weighted by Crippen LogP contribution is 2.54. The average Bonchev–Trinajstić information content (AvgIpc) is 3.53. The lowest BCUT2D eigenvalue weighted by Crippen LogP contribution is -2.26. The van der Waals surface area contributed by atoms with Crippen LogP contribution in [-0.2, 0) is 9.09 Å². The smallest absolute Gasteiger partial charge is 0.348 e. The van der Waals surface area contributed by atoms with E-state index in [1.807, 2.05) is 42.5 Å². The highest BCUT2D eigenvalue weighted by molar-refractivity contribution is 7.68. The third kappa shape index (κ3) is 4.76. The van der Waals surface area contributed by atoms with Crippen LogP contribution >= 0.6 is 30.5 Å². The van der Waals surface area contributed by atoms with Gasteiger partial charge in [-0.1, -0.05) is 35.9 Å². The van der Waals surface area contributed by atoms with Gasteiger partial charge in [-0.05, 0) is 61.4 Å². The number of pyridine rings is 1. The minimum atomic E-state index is -3.65. The zero-order chi connectivity index (χ0) is 27.0. The number of aromatic nitrogens is 1. The molecule has 0 saturated heterocycles. The quantitative estimate of drug-likeness (QED) is 0.191. The van der Waals surface area contributed by atoms with Crippen molar-refractivity contribution in [2.45, 2.75) is 13.8 Å². The van der Waals surface area contributed by atoms with Crippen molar-refractivity contribution < 1.29 is 23.4 Å². The molecule has 0 saturated carbocycles. The molecule has 3 aromatic heterocycles. The average molecular weight is 567 g/mol. The third-order valence-electron chi connectivity index (χ3n) is 6.16. The summed E-state index contributed by atoms with van der Waals surface area (Å²) in [5, 5.41) is 11.0. The SMILES string of the molecule is CCOP(=O)(c1ccc(Cl)cc1C)N(C)c1cc(-c2ccc(-c3cc4ncccc4o3)cc2)sc1C(=O)O. The number of nitrogens with zero attached hydrogens (tertiary/aromatic N) is 2. The van der Waals surface area contributed by atoms with E-state index in [2.05, 4.69) is 4.98 Å². The first kappa shape index (κ1) is 26.2. The van der Waals surface area contributed by atoms with Crippen LogP contribution in [0.5, 0.6) is 0 Å². The van der Waals surface area contributed by atoms with E-state index < -0.39 is 13.5 Å². The largest absolute Gasteiger partial charge is 0.477 e. The van der Waals surface area contributed by atoms with E-state index in [1.165, 1.54) is 4.67 Å². The predicted molar refractivity (Wildman–Crippen MR) is 153 cm³/mol. The van der Waals surface area contributed by atoms with E-state index in [0.29, 0.717) is 32.9 Å². The Hall–Kier alpha value is -3.42. The molecule has 7 nitrogen and oxygen atoms in total. The minimum absolute atomic E-state index is 0.0708. The molecular weight excluding hydrogens is 543 g/mol. The second-order valence-corrected chi connectivity index (χ2v) is 12.5. The fourth-order valence-electron chi connectivity index (χ4n) is 4.30. The number of thiophene rings is 1. The number of rotatable bonds is 8. The monoisotopic (exact) mass is 566 g/mol. The molecule has 0 bridgehead atoms. The van der Waals surface area contributed by atoms with Crippen LogP contribution in [0.1, 0.15) is 22.2 Å². The lowest BCUT2D eigenvalue weighted by molar-refractivity contribution is 0.0703. The number of halogens is 1. The highest BCUT2D eigenvalue weighted by atomic mass is 35.5. The summed E-state index contributed by atoms with van der Waals surface area (Å²) in [6.07, 6.45) is 1.72. The number of hydrogen-bond acceptors (Lipinski definition) is 6. The van der Waals surface area contributed by atoms with Crippen LogP contribution in [0.2, 0.25) is 5.02 Å². The van der Waals surface area contributed by atoms with Gasteiger partial charge in [0.1, 0.15) is 16.2 Å². The Morgan fingerprint density at radius 1 is 1.13 bits per heavy atom. The number of carboxylic acid groups (broad SMARTS) is 1. The first-order chi connectivity index (χ1) is 18.2. The van der Waals surface area contributed by atoms with Crippen LogP contribution in [0.4, 0.5) is 5.69 Å². The van der Waals surface area contributed by atoms with Crippen molar-refractivity contribution in [3.63, 3.8) is 0 Å². The summed E-state index contributed by atoms with van der Waals surface area (Å²) in [4.78, 5) is 17.3. The normalized spacial score (nSPS) is 12.9. The Kier molecular flexibility index (Phi) is 7.16.